The lowest BCUT2D eigenvalue weighted by molar-refractivity contribution is -0.114. The Kier molecular flexibility index (Phi) is 3.38. The summed E-state index contributed by atoms with van der Waals surface area (Å²) in [7, 11) is 0. The molecule has 4 nitrogen and oxygen atoms in total. The number of anilines is 1. The van der Waals surface area contributed by atoms with Gasteiger partial charge in [0.05, 0.1) is 17.9 Å². The second-order valence-corrected chi connectivity index (χ2v) is 3.77. The van der Waals surface area contributed by atoms with Gasteiger partial charge in [0.25, 0.3) is 11.7 Å². The molecule has 1 heterocycles. The van der Waals surface area contributed by atoms with Crippen LogP contribution in [0, 0.1) is 11.6 Å². The predicted octanol–water partition coefficient (Wildman–Crippen LogP) is 1.53. The van der Waals surface area contributed by atoms with Crippen molar-refractivity contribution in [3.05, 3.63) is 29.3 Å². The number of ether oxygens (including phenoxy) is 1. The van der Waals surface area contributed by atoms with E-state index in [1.807, 2.05) is 0 Å². The average molecular weight is 255 g/mol. The number of amides is 1. The number of hydrogen-bond donors (Lipinski definition) is 0. The molecular formula is C12H11F2NO3. The SMILES string of the molecule is CCOCCN1C(=O)C(=O)c2cc(F)c(F)cc21. The summed E-state index contributed by atoms with van der Waals surface area (Å²) in [5.74, 6) is -3.82. The van der Waals surface area contributed by atoms with E-state index in [2.05, 4.69) is 0 Å². The lowest BCUT2D eigenvalue weighted by Gasteiger charge is -2.16. The van der Waals surface area contributed by atoms with E-state index in [0.29, 0.717) is 6.61 Å². The molecular weight excluding hydrogens is 244 g/mol. The second kappa shape index (κ2) is 4.81. The fourth-order valence-corrected chi connectivity index (χ4v) is 1.81. The first-order valence-electron chi connectivity index (χ1n) is 5.49. The summed E-state index contributed by atoms with van der Waals surface area (Å²) in [6, 6.07) is 1.62. The average Bonchev–Trinajstić information content (AvgIpc) is 2.56. The lowest BCUT2D eigenvalue weighted by Crippen LogP contribution is -2.32. The first-order chi connectivity index (χ1) is 8.56. The molecule has 0 N–H and O–H groups in total. The van der Waals surface area contributed by atoms with Crippen molar-refractivity contribution in [1.82, 2.24) is 0 Å². The highest BCUT2D eigenvalue weighted by atomic mass is 19.2. The fraction of sp³-hybridized carbons (Fsp3) is 0.333. The van der Waals surface area contributed by atoms with E-state index >= 15 is 0 Å². The third-order valence-corrected chi connectivity index (χ3v) is 2.68. The molecule has 0 spiro atoms. The van der Waals surface area contributed by atoms with Gasteiger partial charge in [0.15, 0.2) is 11.6 Å². The summed E-state index contributed by atoms with van der Waals surface area (Å²) in [6.45, 7) is 2.63. The normalized spacial score (nSPS) is 14.3. The monoisotopic (exact) mass is 255 g/mol. The van der Waals surface area contributed by atoms with Crippen LogP contribution in [0.15, 0.2) is 12.1 Å². The Hall–Kier alpha value is -1.82. The van der Waals surface area contributed by atoms with Crippen molar-refractivity contribution in [1.29, 1.82) is 0 Å². The Balaban J connectivity index is 2.33. The van der Waals surface area contributed by atoms with Crippen molar-refractivity contribution in [3.8, 4) is 0 Å². The van der Waals surface area contributed by atoms with Crippen molar-refractivity contribution in [2.75, 3.05) is 24.7 Å². The van der Waals surface area contributed by atoms with Crippen LogP contribution in [0.1, 0.15) is 17.3 Å². The molecule has 1 amide bonds. The first-order valence-corrected chi connectivity index (χ1v) is 5.49. The molecule has 1 aromatic rings. The number of carbonyl (C=O) groups excluding carboxylic acids is 2. The zero-order valence-electron chi connectivity index (χ0n) is 9.70. The first kappa shape index (κ1) is 12.6. The van der Waals surface area contributed by atoms with E-state index in [9.17, 15) is 18.4 Å². The van der Waals surface area contributed by atoms with Gasteiger partial charge in [-0.1, -0.05) is 0 Å². The van der Waals surface area contributed by atoms with Gasteiger partial charge in [0, 0.05) is 19.2 Å². The minimum atomic E-state index is -1.14. The van der Waals surface area contributed by atoms with Gasteiger partial charge in [-0.3, -0.25) is 9.59 Å². The summed E-state index contributed by atoms with van der Waals surface area (Å²) in [5, 5.41) is 0. The smallest absolute Gasteiger partial charge is 0.299 e. The maximum Gasteiger partial charge on any atom is 0.299 e. The largest absolute Gasteiger partial charge is 0.380 e. The highest BCUT2D eigenvalue weighted by Gasteiger charge is 2.36. The highest BCUT2D eigenvalue weighted by Crippen LogP contribution is 2.30. The van der Waals surface area contributed by atoms with Crippen molar-refractivity contribution < 1.29 is 23.1 Å². The van der Waals surface area contributed by atoms with Crippen LogP contribution in [0.4, 0.5) is 14.5 Å². The molecule has 0 aliphatic carbocycles. The van der Waals surface area contributed by atoms with Crippen LogP contribution in [0.3, 0.4) is 0 Å². The van der Waals surface area contributed by atoms with Gasteiger partial charge in [-0.2, -0.15) is 0 Å². The zero-order valence-corrected chi connectivity index (χ0v) is 9.70. The lowest BCUT2D eigenvalue weighted by atomic mass is 10.1. The number of benzene rings is 1. The van der Waals surface area contributed by atoms with Crippen molar-refractivity contribution in [2.45, 2.75) is 6.92 Å². The van der Waals surface area contributed by atoms with Gasteiger partial charge in [0.1, 0.15) is 0 Å². The molecule has 0 aromatic heterocycles. The number of rotatable bonds is 4. The van der Waals surface area contributed by atoms with E-state index in [1.54, 1.807) is 6.92 Å². The molecule has 1 aromatic carbocycles. The number of carbonyl (C=O) groups is 2. The van der Waals surface area contributed by atoms with Crippen LogP contribution in [0.25, 0.3) is 0 Å². The van der Waals surface area contributed by atoms with E-state index in [-0.39, 0.29) is 24.4 Å². The number of nitrogens with zero attached hydrogens (tertiary/aromatic N) is 1. The molecule has 0 bridgehead atoms. The third kappa shape index (κ3) is 1.99. The Morgan fingerprint density at radius 2 is 1.89 bits per heavy atom. The van der Waals surface area contributed by atoms with Crippen LogP contribution < -0.4 is 4.90 Å². The number of ketones is 1. The standard InChI is InChI=1S/C12H11F2NO3/c1-2-18-4-3-15-10-6-9(14)8(13)5-7(10)11(16)12(15)17/h5-6H,2-4H2,1H3. The molecule has 0 radical (unpaired) electrons. The number of Topliss-reactive ketones (excluding diaryl/α,β-unsaturated/α-hetero) is 1. The number of hydrogen-bond acceptors (Lipinski definition) is 3. The second-order valence-electron chi connectivity index (χ2n) is 3.77. The molecule has 1 aliphatic rings. The van der Waals surface area contributed by atoms with Crippen LogP contribution in [-0.2, 0) is 9.53 Å². The topological polar surface area (TPSA) is 46.6 Å². The van der Waals surface area contributed by atoms with Crippen molar-refractivity contribution in [2.24, 2.45) is 0 Å². The van der Waals surface area contributed by atoms with Gasteiger partial charge >= 0.3 is 0 Å². The van der Waals surface area contributed by atoms with E-state index in [4.69, 9.17) is 4.74 Å². The molecule has 0 saturated heterocycles. The number of fused-ring (bicyclic) bond motifs is 1. The summed E-state index contributed by atoms with van der Waals surface area (Å²) < 4.78 is 31.2. The minimum absolute atomic E-state index is 0.101. The number of halogens is 2. The molecule has 1 aliphatic heterocycles. The quantitative estimate of drug-likeness (QED) is 0.605. The van der Waals surface area contributed by atoms with Crippen molar-refractivity contribution >= 4 is 17.4 Å². The Morgan fingerprint density at radius 1 is 1.22 bits per heavy atom. The highest BCUT2D eigenvalue weighted by molar-refractivity contribution is 6.52. The zero-order chi connectivity index (χ0) is 13.3. The van der Waals surface area contributed by atoms with E-state index in [0.717, 1.165) is 17.0 Å². The molecule has 18 heavy (non-hydrogen) atoms. The Morgan fingerprint density at radius 3 is 2.56 bits per heavy atom. The summed E-state index contributed by atoms with van der Waals surface area (Å²) in [5.41, 5.74) is -0.000925. The maximum absolute atomic E-state index is 13.1. The summed E-state index contributed by atoms with van der Waals surface area (Å²) in [4.78, 5) is 24.3. The Bertz CT molecular complexity index is 516. The van der Waals surface area contributed by atoms with Crippen LogP contribution in [0.5, 0.6) is 0 Å². The van der Waals surface area contributed by atoms with Crippen LogP contribution >= 0.6 is 0 Å². The van der Waals surface area contributed by atoms with Gasteiger partial charge in [-0.25, -0.2) is 8.78 Å². The molecule has 0 atom stereocenters. The summed E-state index contributed by atoms with van der Waals surface area (Å²) in [6.07, 6.45) is 0. The maximum atomic E-state index is 13.1. The van der Waals surface area contributed by atoms with Crippen molar-refractivity contribution in [3.63, 3.8) is 0 Å². The predicted molar refractivity (Wildman–Crippen MR) is 59.5 cm³/mol. The molecule has 0 unspecified atom stereocenters. The van der Waals surface area contributed by atoms with Gasteiger partial charge in [-0.05, 0) is 13.0 Å². The molecule has 0 saturated carbocycles. The molecule has 6 heteroatoms. The van der Waals surface area contributed by atoms with E-state index in [1.165, 1.54) is 0 Å². The van der Waals surface area contributed by atoms with Gasteiger partial charge < -0.3 is 9.64 Å². The van der Waals surface area contributed by atoms with Gasteiger partial charge in [-0.15, -0.1) is 0 Å². The summed E-state index contributed by atoms with van der Waals surface area (Å²) >= 11 is 0. The fourth-order valence-electron chi connectivity index (χ4n) is 1.81. The van der Waals surface area contributed by atoms with Gasteiger partial charge in [0.2, 0.25) is 0 Å². The Labute approximate surface area is 102 Å². The van der Waals surface area contributed by atoms with E-state index < -0.39 is 23.3 Å². The van der Waals surface area contributed by atoms with Crippen LogP contribution in [-0.4, -0.2) is 31.4 Å². The molecule has 0 fully saturated rings. The minimum Gasteiger partial charge on any atom is -0.380 e. The van der Waals surface area contributed by atoms with Crippen LogP contribution in [0.2, 0.25) is 0 Å². The third-order valence-electron chi connectivity index (χ3n) is 2.68. The molecule has 2 rings (SSSR count). The molecule has 96 valence electrons.